The average molecular weight is 296 g/mol. The fourth-order valence-corrected chi connectivity index (χ4v) is 2.37. The lowest BCUT2D eigenvalue weighted by Crippen LogP contribution is -3.14. The predicted molar refractivity (Wildman–Crippen MR) is 79.3 cm³/mol. The second-order valence-electron chi connectivity index (χ2n) is 4.87. The van der Waals surface area contributed by atoms with Gasteiger partial charge in [0, 0.05) is 5.02 Å². The first-order chi connectivity index (χ1) is 9.69. The van der Waals surface area contributed by atoms with Gasteiger partial charge in [-0.25, -0.2) is 0 Å². The Bertz CT molecular complexity index is 453. The van der Waals surface area contributed by atoms with Gasteiger partial charge in [0.15, 0.2) is 6.61 Å². The minimum atomic E-state index is 0.0394. The van der Waals surface area contributed by atoms with E-state index < -0.39 is 0 Å². The highest BCUT2D eigenvalue weighted by molar-refractivity contribution is 6.30. The van der Waals surface area contributed by atoms with Crippen LogP contribution in [0.15, 0.2) is 36.9 Å². The van der Waals surface area contributed by atoms with Crippen LogP contribution in [0.1, 0.15) is 0 Å². The van der Waals surface area contributed by atoms with Crippen LogP contribution in [0.3, 0.4) is 0 Å². The molecule has 0 aromatic heterocycles. The lowest BCUT2D eigenvalue weighted by molar-refractivity contribution is -0.898. The Morgan fingerprint density at radius 3 is 2.60 bits per heavy atom. The van der Waals surface area contributed by atoms with Crippen LogP contribution in [0.5, 0.6) is 5.75 Å². The summed E-state index contributed by atoms with van der Waals surface area (Å²) in [6.07, 6.45) is 1.93. The molecule has 20 heavy (non-hydrogen) atoms. The number of rotatable bonds is 5. The zero-order valence-corrected chi connectivity index (χ0v) is 12.2. The Morgan fingerprint density at radius 1 is 1.35 bits per heavy atom. The molecule has 0 radical (unpaired) electrons. The smallest absolute Gasteiger partial charge is 0.260 e. The van der Waals surface area contributed by atoms with Crippen molar-refractivity contribution < 1.29 is 14.4 Å². The number of carbonyl (C=O) groups is 1. The SMILES string of the molecule is C=CC[NH+]1CCN(C(=O)COc2ccc(Cl)cc2)CC1. The molecule has 5 heteroatoms. The highest BCUT2D eigenvalue weighted by Gasteiger charge is 2.22. The van der Waals surface area contributed by atoms with Gasteiger partial charge in [-0.2, -0.15) is 0 Å². The molecule has 1 aliphatic heterocycles. The Kier molecular flexibility index (Phi) is 5.44. The predicted octanol–water partition coefficient (Wildman–Crippen LogP) is 0.632. The number of hydrogen-bond acceptors (Lipinski definition) is 2. The summed E-state index contributed by atoms with van der Waals surface area (Å²) in [5.41, 5.74) is 0. The van der Waals surface area contributed by atoms with Crippen LogP contribution in [-0.4, -0.2) is 50.1 Å². The molecule has 1 heterocycles. The third-order valence-electron chi connectivity index (χ3n) is 3.43. The first-order valence-electron chi connectivity index (χ1n) is 6.79. The first-order valence-corrected chi connectivity index (χ1v) is 7.17. The number of halogens is 1. The van der Waals surface area contributed by atoms with Gasteiger partial charge in [0.05, 0.1) is 32.7 Å². The summed E-state index contributed by atoms with van der Waals surface area (Å²) in [7, 11) is 0. The minimum Gasteiger partial charge on any atom is -0.484 e. The van der Waals surface area contributed by atoms with Crippen LogP contribution in [0.4, 0.5) is 0 Å². The fraction of sp³-hybridized carbons (Fsp3) is 0.400. The zero-order chi connectivity index (χ0) is 14.4. The number of ether oxygens (including phenoxy) is 1. The molecular formula is C15H20ClN2O2+. The van der Waals surface area contributed by atoms with E-state index in [4.69, 9.17) is 16.3 Å². The van der Waals surface area contributed by atoms with Crippen LogP contribution in [0, 0.1) is 0 Å². The van der Waals surface area contributed by atoms with Gasteiger partial charge >= 0.3 is 0 Å². The maximum atomic E-state index is 12.0. The van der Waals surface area contributed by atoms with Crippen molar-refractivity contribution in [2.45, 2.75) is 0 Å². The molecule has 1 aliphatic rings. The number of amides is 1. The molecule has 0 aliphatic carbocycles. The van der Waals surface area contributed by atoms with E-state index in [2.05, 4.69) is 6.58 Å². The Hall–Kier alpha value is -1.52. The van der Waals surface area contributed by atoms with E-state index in [0.29, 0.717) is 10.8 Å². The molecule has 1 fully saturated rings. The van der Waals surface area contributed by atoms with Gasteiger partial charge in [-0.3, -0.25) is 4.79 Å². The molecule has 0 unspecified atom stereocenters. The van der Waals surface area contributed by atoms with Gasteiger partial charge in [0.25, 0.3) is 5.91 Å². The molecular weight excluding hydrogens is 276 g/mol. The van der Waals surface area contributed by atoms with E-state index in [-0.39, 0.29) is 12.5 Å². The van der Waals surface area contributed by atoms with Gasteiger partial charge in [-0.1, -0.05) is 18.2 Å². The van der Waals surface area contributed by atoms with Crippen LogP contribution in [-0.2, 0) is 4.79 Å². The van der Waals surface area contributed by atoms with Crippen molar-refractivity contribution in [2.75, 3.05) is 39.3 Å². The Morgan fingerprint density at radius 2 is 2.00 bits per heavy atom. The number of hydrogen-bond donors (Lipinski definition) is 1. The molecule has 1 amide bonds. The monoisotopic (exact) mass is 295 g/mol. The number of quaternary nitrogens is 1. The largest absolute Gasteiger partial charge is 0.484 e. The van der Waals surface area contributed by atoms with Crippen LogP contribution < -0.4 is 9.64 Å². The van der Waals surface area contributed by atoms with Gasteiger partial charge in [-0.15, -0.1) is 0 Å². The van der Waals surface area contributed by atoms with Crippen LogP contribution >= 0.6 is 11.6 Å². The van der Waals surface area contributed by atoms with Crippen LogP contribution in [0.25, 0.3) is 0 Å². The summed E-state index contributed by atoms with van der Waals surface area (Å²) in [4.78, 5) is 15.4. The Labute approximate surface area is 124 Å². The maximum absolute atomic E-state index is 12.0. The van der Waals surface area contributed by atoms with Crippen molar-refractivity contribution in [3.8, 4) is 5.75 Å². The van der Waals surface area contributed by atoms with Gasteiger partial charge in [-0.05, 0) is 30.3 Å². The molecule has 1 N–H and O–H groups in total. The average Bonchev–Trinajstić information content (AvgIpc) is 2.47. The van der Waals surface area contributed by atoms with Gasteiger partial charge < -0.3 is 14.5 Å². The fourth-order valence-electron chi connectivity index (χ4n) is 2.25. The molecule has 2 rings (SSSR count). The highest BCUT2D eigenvalue weighted by Crippen LogP contribution is 2.15. The standard InChI is InChI=1S/C15H19ClN2O2/c1-2-7-17-8-10-18(11-9-17)15(19)12-20-14-5-3-13(16)4-6-14/h2-6H,1,7-12H2/p+1. The van der Waals surface area contributed by atoms with Gasteiger partial charge in [0.1, 0.15) is 5.75 Å². The van der Waals surface area contributed by atoms with E-state index >= 15 is 0 Å². The van der Waals surface area contributed by atoms with Crippen molar-refractivity contribution in [1.82, 2.24) is 4.90 Å². The zero-order valence-electron chi connectivity index (χ0n) is 11.5. The first kappa shape index (κ1) is 14.9. The number of nitrogens with one attached hydrogen (secondary N) is 1. The third kappa shape index (κ3) is 4.25. The van der Waals surface area contributed by atoms with Crippen molar-refractivity contribution in [1.29, 1.82) is 0 Å². The summed E-state index contributed by atoms with van der Waals surface area (Å²) in [5.74, 6) is 0.705. The van der Waals surface area contributed by atoms with E-state index in [1.165, 1.54) is 4.90 Å². The third-order valence-corrected chi connectivity index (χ3v) is 3.68. The molecule has 108 valence electrons. The van der Waals surface area contributed by atoms with Crippen molar-refractivity contribution >= 4 is 17.5 Å². The van der Waals surface area contributed by atoms with E-state index in [9.17, 15) is 4.79 Å². The van der Waals surface area contributed by atoms with Gasteiger partial charge in [0.2, 0.25) is 0 Å². The normalized spacial score (nSPS) is 15.9. The second-order valence-corrected chi connectivity index (χ2v) is 5.30. The number of nitrogens with zero attached hydrogens (tertiary/aromatic N) is 1. The number of piperazine rings is 1. The second kappa shape index (κ2) is 7.31. The van der Waals surface area contributed by atoms with Crippen molar-refractivity contribution in [2.24, 2.45) is 0 Å². The molecule has 1 saturated heterocycles. The lowest BCUT2D eigenvalue weighted by Gasteiger charge is -2.31. The maximum Gasteiger partial charge on any atom is 0.260 e. The summed E-state index contributed by atoms with van der Waals surface area (Å²) >= 11 is 5.80. The number of carbonyl (C=O) groups excluding carboxylic acids is 1. The molecule has 0 atom stereocenters. The highest BCUT2D eigenvalue weighted by atomic mass is 35.5. The minimum absolute atomic E-state index is 0.0394. The summed E-state index contributed by atoms with van der Waals surface area (Å²) in [6, 6.07) is 7.03. The molecule has 0 saturated carbocycles. The topological polar surface area (TPSA) is 34.0 Å². The summed E-state index contributed by atoms with van der Waals surface area (Å²) < 4.78 is 5.48. The molecule has 1 aromatic rings. The lowest BCUT2D eigenvalue weighted by atomic mass is 10.3. The van der Waals surface area contributed by atoms with E-state index in [0.717, 1.165) is 32.7 Å². The molecule has 1 aromatic carbocycles. The molecule has 0 bridgehead atoms. The van der Waals surface area contributed by atoms with Crippen molar-refractivity contribution in [3.63, 3.8) is 0 Å². The van der Waals surface area contributed by atoms with E-state index in [1.54, 1.807) is 24.3 Å². The molecule has 0 spiro atoms. The van der Waals surface area contributed by atoms with Crippen LogP contribution in [0.2, 0.25) is 5.02 Å². The summed E-state index contributed by atoms with van der Waals surface area (Å²) in [6.45, 7) is 8.30. The summed E-state index contributed by atoms with van der Waals surface area (Å²) in [5, 5.41) is 0.657. The quantitative estimate of drug-likeness (QED) is 0.809. The Balaban J connectivity index is 1.75. The molecule has 4 nitrogen and oxygen atoms in total. The van der Waals surface area contributed by atoms with E-state index in [1.807, 2.05) is 11.0 Å². The number of benzene rings is 1. The van der Waals surface area contributed by atoms with Crippen molar-refractivity contribution in [3.05, 3.63) is 41.9 Å².